The quantitative estimate of drug-likeness (QED) is 0.732. The molecule has 5 heteroatoms. The fraction of sp³-hybridized carbons (Fsp3) is 0.417. The number of aromatic hydroxyl groups is 1. The lowest BCUT2D eigenvalue weighted by atomic mass is 9.91. The van der Waals surface area contributed by atoms with E-state index in [9.17, 15) is 9.90 Å². The number of methoxy groups -OCH3 is 1. The van der Waals surface area contributed by atoms with Crippen LogP contribution in [0.15, 0.2) is 6.07 Å². The van der Waals surface area contributed by atoms with E-state index in [1.54, 1.807) is 13.0 Å². The maximum atomic E-state index is 11.1. The molecular weight excluding hydrogens is 222 g/mol. The molecule has 1 aromatic carbocycles. The van der Waals surface area contributed by atoms with Gasteiger partial charge in [0.2, 0.25) is 0 Å². The predicted octanol–water partition coefficient (Wildman–Crippen LogP) is 1.14. The number of phenols is 1. The first-order valence-electron chi connectivity index (χ1n) is 5.23. The molecule has 0 heterocycles. The second-order valence-electron chi connectivity index (χ2n) is 3.91. The van der Waals surface area contributed by atoms with Gasteiger partial charge in [0.25, 0.3) is 0 Å². The van der Waals surface area contributed by atoms with Gasteiger partial charge in [-0.25, -0.2) is 0 Å². The van der Waals surface area contributed by atoms with E-state index in [2.05, 4.69) is 0 Å². The zero-order chi connectivity index (χ0) is 13.2. The van der Waals surface area contributed by atoms with Crippen LogP contribution in [0.25, 0.3) is 0 Å². The molecule has 0 aromatic heterocycles. The zero-order valence-corrected chi connectivity index (χ0v) is 10.2. The lowest BCUT2D eigenvalue weighted by molar-refractivity contribution is -0.138. The summed E-state index contributed by atoms with van der Waals surface area (Å²) < 4.78 is 5.01. The molecule has 4 N–H and O–H groups in total. The number of phenolic OH excluding ortho intramolecular Hbond substituents is 1. The fourth-order valence-corrected chi connectivity index (χ4v) is 1.82. The van der Waals surface area contributed by atoms with Gasteiger partial charge in [-0.15, -0.1) is 0 Å². The molecule has 94 valence electrons. The van der Waals surface area contributed by atoms with Gasteiger partial charge in [0.05, 0.1) is 13.0 Å². The maximum absolute atomic E-state index is 11.1. The molecule has 0 aliphatic rings. The molecule has 5 nitrogen and oxygen atoms in total. The summed E-state index contributed by atoms with van der Waals surface area (Å²) in [5.74, 6) is -1.86. The Bertz CT molecular complexity index is 443. The van der Waals surface area contributed by atoms with E-state index in [1.165, 1.54) is 7.11 Å². The molecule has 1 atom stereocenters. The number of carboxylic acids is 1. The smallest absolute Gasteiger partial charge is 0.312 e. The third-order valence-corrected chi connectivity index (χ3v) is 2.93. The van der Waals surface area contributed by atoms with Crippen molar-refractivity contribution < 1.29 is 19.7 Å². The van der Waals surface area contributed by atoms with Crippen molar-refractivity contribution in [3.8, 4) is 11.5 Å². The number of hydrogen-bond donors (Lipinski definition) is 3. The van der Waals surface area contributed by atoms with E-state index in [1.807, 2.05) is 6.92 Å². The van der Waals surface area contributed by atoms with Gasteiger partial charge in [-0.3, -0.25) is 4.79 Å². The Morgan fingerprint density at radius 1 is 1.53 bits per heavy atom. The molecule has 0 spiro atoms. The number of hydrogen-bond acceptors (Lipinski definition) is 4. The minimum absolute atomic E-state index is 0.0731. The van der Waals surface area contributed by atoms with Crippen LogP contribution in [-0.2, 0) is 4.79 Å². The van der Waals surface area contributed by atoms with Gasteiger partial charge in [-0.2, -0.15) is 0 Å². The molecule has 1 unspecified atom stereocenters. The van der Waals surface area contributed by atoms with Gasteiger partial charge < -0.3 is 20.7 Å². The number of aliphatic carboxylic acids is 1. The Morgan fingerprint density at radius 2 is 2.12 bits per heavy atom. The van der Waals surface area contributed by atoms with Gasteiger partial charge in [-0.1, -0.05) is 0 Å². The summed E-state index contributed by atoms with van der Waals surface area (Å²) in [6, 6.07) is 1.67. The maximum Gasteiger partial charge on any atom is 0.312 e. The van der Waals surface area contributed by atoms with Crippen LogP contribution in [0.5, 0.6) is 11.5 Å². The average Bonchev–Trinajstić information content (AvgIpc) is 2.28. The third-order valence-electron chi connectivity index (χ3n) is 2.93. The van der Waals surface area contributed by atoms with Crippen LogP contribution in [0.2, 0.25) is 0 Å². The summed E-state index contributed by atoms with van der Waals surface area (Å²) in [6.45, 7) is 3.52. The SMILES string of the molecule is COc1cc(C)c(C)c(C(CN)C(=O)O)c1O. The molecule has 0 amide bonds. The van der Waals surface area contributed by atoms with Gasteiger partial charge in [0.15, 0.2) is 11.5 Å². The summed E-state index contributed by atoms with van der Waals surface area (Å²) >= 11 is 0. The Hall–Kier alpha value is -1.75. The Labute approximate surface area is 99.8 Å². The minimum Gasteiger partial charge on any atom is -0.504 e. The van der Waals surface area contributed by atoms with Crippen molar-refractivity contribution in [1.82, 2.24) is 0 Å². The Kier molecular flexibility index (Phi) is 3.96. The number of rotatable bonds is 4. The van der Waals surface area contributed by atoms with Crippen LogP contribution >= 0.6 is 0 Å². The number of benzene rings is 1. The fourth-order valence-electron chi connectivity index (χ4n) is 1.82. The van der Waals surface area contributed by atoms with Crippen molar-refractivity contribution in [2.45, 2.75) is 19.8 Å². The summed E-state index contributed by atoms with van der Waals surface area (Å²) in [5.41, 5.74) is 7.36. The Balaban J connectivity index is 3.49. The van der Waals surface area contributed by atoms with E-state index >= 15 is 0 Å². The normalized spacial score (nSPS) is 12.2. The molecule has 0 aliphatic carbocycles. The lowest BCUT2D eigenvalue weighted by Gasteiger charge is -2.18. The zero-order valence-electron chi connectivity index (χ0n) is 10.2. The largest absolute Gasteiger partial charge is 0.504 e. The average molecular weight is 239 g/mol. The van der Waals surface area contributed by atoms with E-state index in [0.29, 0.717) is 5.56 Å². The lowest BCUT2D eigenvalue weighted by Crippen LogP contribution is -2.22. The number of nitrogens with two attached hydrogens (primary N) is 1. The first-order valence-corrected chi connectivity index (χ1v) is 5.23. The summed E-state index contributed by atoms with van der Waals surface area (Å²) in [6.07, 6.45) is 0. The highest BCUT2D eigenvalue weighted by Gasteiger charge is 2.26. The molecule has 0 aliphatic heterocycles. The standard InChI is InChI=1S/C12H17NO4/c1-6-4-9(17-3)11(14)10(7(6)2)8(5-13)12(15)16/h4,8,14H,5,13H2,1-3H3,(H,15,16). The van der Waals surface area contributed by atoms with Crippen LogP contribution in [0.1, 0.15) is 22.6 Å². The van der Waals surface area contributed by atoms with E-state index < -0.39 is 11.9 Å². The topological polar surface area (TPSA) is 92.8 Å². The number of carbonyl (C=O) groups is 1. The summed E-state index contributed by atoms with van der Waals surface area (Å²) in [4.78, 5) is 11.1. The first kappa shape index (κ1) is 13.3. The highest BCUT2D eigenvalue weighted by molar-refractivity contribution is 5.79. The highest BCUT2D eigenvalue weighted by atomic mass is 16.5. The molecule has 0 bridgehead atoms. The van der Waals surface area contributed by atoms with Gasteiger partial charge in [0.1, 0.15) is 0 Å². The van der Waals surface area contributed by atoms with Gasteiger partial charge in [-0.05, 0) is 31.0 Å². The van der Waals surface area contributed by atoms with E-state index in [-0.39, 0.29) is 18.0 Å². The second kappa shape index (κ2) is 5.05. The summed E-state index contributed by atoms with van der Waals surface area (Å²) in [7, 11) is 1.42. The van der Waals surface area contributed by atoms with Crippen molar-refractivity contribution >= 4 is 5.97 Å². The van der Waals surface area contributed by atoms with Crippen LogP contribution in [0.4, 0.5) is 0 Å². The third kappa shape index (κ3) is 2.34. The van der Waals surface area contributed by atoms with E-state index in [4.69, 9.17) is 15.6 Å². The summed E-state index contributed by atoms with van der Waals surface area (Å²) in [5, 5.41) is 19.1. The van der Waals surface area contributed by atoms with Crippen molar-refractivity contribution in [3.05, 3.63) is 22.8 Å². The van der Waals surface area contributed by atoms with Crippen LogP contribution < -0.4 is 10.5 Å². The molecule has 0 saturated carbocycles. The molecular formula is C12H17NO4. The van der Waals surface area contributed by atoms with Crippen molar-refractivity contribution in [2.24, 2.45) is 5.73 Å². The molecule has 17 heavy (non-hydrogen) atoms. The highest BCUT2D eigenvalue weighted by Crippen LogP contribution is 2.38. The number of carboxylic acid groups (broad SMARTS) is 1. The molecule has 0 fully saturated rings. The van der Waals surface area contributed by atoms with Gasteiger partial charge >= 0.3 is 5.97 Å². The van der Waals surface area contributed by atoms with Gasteiger partial charge in [0, 0.05) is 12.1 Å². The number of ether oxygens (including phenoxy) is 1. The van der Waals surface area contributed by atoms with Crippen LogP contribution in [0, 0.1) is 13.8 Å². The number of aryl methyl sites for hydroxylation is 1. The molecule has 1 rings (SSSR count). The van der Waals surface area contributed by atoms with E-state index in [0.717, 1.165) is 11.1 Å². The first-order chi connectivity index (χ1) is 7.93. The van der Waals surface area contributed by atoms with Crippen molar-refractivity contribution in [3.63, 3.8) is 0 Å². The minimum atomic E-state index is -1.06. The predicted molar refractivity (Wildman–Crippen MR) is 63.6 cm³/mol. The Morgan fingerprint density at radius 3 is 2.53 bits per heavy atom. The monoisotopic (exact) mass is 239 g/mol. The van der Waals surface area contributed by atoms with Crippen LogP contribution in [0.3, 0.4) is 0 Å². The van der Waals surface area contributed by atoms with Crippen molar-refractivity contribution in [1.29, 1.82) is 0 Å². The van der Waals surface area contributed by atoms with Crippen molar-refractivity contribution in [2.75, 3.05) is 13.7 Å². The molecule has 0 saturated heterocycles. The molecule has 1 aromatic rings. The molecule has 0 radical (unpaired) electrons. The second-order valence-corrected chi connectivity index (χ2v) is 3.91. The van der Waals surface area contributed by atoms with Crippen LogP contribution in [-0.4, -0.2) is 29.8 Å².